The van der Waals surface area contributed by atoms with E-state index in [4.69, 9.17) is 4.74 Å². The highest BCUT2D eigenvalue weighted by Gasteiger charge is 2.27. The smallest absolute Gasteiger partial charge is 0.355 e. The predicted octanol–water partition coefficient (Wildman–Crippen LogP) is 4.36. The van der Waals surface area contributed by atoms with Crippen molar-refractivity contribution >= 4 is 16.9 Å². The maximum atomic E-state index is 12.7. The SMILES string of the molecule is CCOC(=O)c1c2c3c(cccc3n1Cc1ccccc1)CCC2. The number of aromatic nitrogens is 1. The monoisotopic (exact) mass is 319 g/mol. The molecule has 0 aliphatic heterocycles. The maximum Gasteiger partial charge on any atom is 0.355 e. The van der Waals surface area contributed by atoms with Crippen LogP contribution in [0.3, 0.4) is 0 Å². The molecule has 1 aromatic heterocycles. The maximum absolute atomic E-state index is 12.7. The quantitative estimate of drug-likeness (QED) is 0.669. The number of ether oxygens (including phenoxy) is 1. The van der Waals surface area contributed by atoms with Gasteiger partial charge in [-0.15, -0.1) is 0 Å². The van der Waals surface area contributed by atoms with Crippen molar-refractivity contribution < 1.29 is 9.53 Å². The van der Waals surface area contributed by atoms with Crippen molar-refractivity contribution in [2.24, 2.45) is 0 Å². The Kier molecular flexibility index (Phi) is 3.85. The van der Waals surface area contributed by atoms with Gasteiger partial charge < -0.3 is 9.30 Å². The van der Waals surface area contributed by atoms with Gasteiger partial charge in [0.05, 0.1) is 6.61 Å². The van der Waals surface area contributed by atoms with Gasteiger partial charge >= 0.3 is 5.97 Å². The summed E-state index contributed by atoms with van der Waals surface area (Å²) in [4.78, 5) is 12.7. The number of hydrogen-bond donors (Lipinski definition) is 0. The summed E-state index contributed by atoms with van der Waals surface area (Å²) < 4.78 is 7.53. The molecule has 0 saturated carbocycles. The van der Waals surface area contributed by atoms with Crippen LogP contribution in [0.5, 0.6) is 0 Å². The third-order valence-corrected chi connectivity index (χ3v) is 4.80. The minimum atomic E-state index is -0.201. The number of aryl methyl sites for hydroxylation is 2. The van der Waals surface area contributed by atoms with E-state index in [2.05, 4.69) is 34.9 Å². The zero-order valence-corrected chi connectivity index (χ0v) is 13.9. The van der Waals surface area contributed by atoms with Gasteiger partial charge in [-0.1, -0.05) is 42.5 Å². The van der Waals surface area contributed by atoms with Crippen molar-refractivity contribution in [3.05, 3.63) is 70.9 Å². The first-order valence-electron chi connectivity index (χ1n) is 8.63. The van der Waals surface area contributed by atoms with Gasteiger partial charge in [-0.3, -0.25) is 0 Å². The van der Waals surface area contributed by atoms with Crippen LogP contribution in [-0.4, -0.2) is 17.1 Å². The average molecular weight is 319 g/mol. The van der Waals surface area contributed by atoms with E-state index >= 15 is 0 Å². The summed E-state index contributed by atoms with van der Waals surface area (Å²) in [5, 5.41) is 1.27. The van der Waals surface area contributed by atoms with Gasteiger partial charge in [0.25, 0.3) is 0 Å². The summed E-state index contributed by atoms with van der Waals surface area (Å²) in [7, 11) is 0. The summed E-state index contributed by atoms with van der Waals surface area (Å²) in [6.45, 7) is 2.95. The fraction of sp³-hybridized carbons (Fsp3) is 0.286. The third-order valence-electron chi connectivity index (χ3n) is 4.80. The number of nitrogens with zero attached hydrogens (tertiary/aromatic N) is 1. The van der Waals surface area contributed by atoms with E-state index in [1.807, 2.05) is 25.1 Å². The lowest BCUT2D eigenvalue weighted by Gasteiger charge is -2.13. The number of carbonyl (C=O) groups is 1. The molecule has 3 aromatic rings. The van der Waals surface area contributed by atoms with Crippen molar-refractivity contribution in [2.75, 3.05) is 6.61 Å². The molecule has 1 heterocycles. The molecule has 0 saturated heterocycles. The molecule has 3 heteroatoms. The van der Waals surface area contributed by atoms with Crippen molar-refractivity contribution in [1.82, 2.24) is 4.57 Å². The molecule has 0 amide bonds. The van der Waals surface area contributed by atoms with Gasteiger partial charge in [0.15, 0.2) is 0 Å². The van der Waals surface area contributed by atoms with E-state index in [1.165, 1.54) is 22.1 Å². The first kappa shape index (κ1) is 15.0. The number of carbonyl (C=O) groups excluding carboxylic acids is 1. The van der Waals surface area contributed by atoms with Crippen LogP contribution in [0.15, 0.2) is 48.5 Å². The molecule has 1 aliphatic carbocycles. The number of benzene rings is 2. The van der Waals surface area contributed by atoms with Crippen molar-refractivity contribution in [3.8, 4) is 0 Å². The van der Waals surface area contributed by atoms with Crippen molar-refractivity contribution in [3.63, 3.8) is 0 Å². The normalized spacial score (nSPS) is 13.2. The van der Waals surface area contributed by atoms with E-state index in [9.17, 15) is 4.79 Å². The van der Waals surface area contributed by atoms with E-state index in [-0.39, 0.29) is 5.97 Å². The van der Waals surface area contributed by atoms with Crippen LogP contribution in [0.1, 0.15) is 40.5 Å². The highest BCUT2D eigenvalue weighted by molar-refractivity contribution is 6.01. The molecule has 0 spiro atoms. The first-order valence-corrected chi connectivity index (χ1v) is 8.63. The molecule has 3 nitrogen and oxygen atoms in total. The molecular weight excluding hydrogens is 298 g/mol. The Bertz CT molecular complexity index is 893. The van der Waals surface area contributed by atoms with Crippen LogP contribution in [-0.2, 0) is 24.1 Å². The largest absolute Gasteiger partial charge is 0.461 e. The van der Waals surface area contributed by atoms with E-state index < -0.39 is 0 Å². The summed E-state index contributed by atoms with van der Waals surface area (Å²) in [6.07, 6.45) is 3.12. The number of esters is 1. The molecule has 4 rings (SSSR count). The lowest BCUT2D eigenvalue weighted by atomic mass is 9.92. The molecule has 0 bridgehead atoms. The van der Waals surface area contributed by atoms with Crippen molar-refractivity contribution in [1.29, 1.82) is 0 Å². The predicted molar refractivity (Wildman–Crippen MR) is 95.5 cm³/mol. The Balaban J connectivity index is 1.95. The van der Waals surface area contributed by atoms with Gasteiger partial charge in [0, 0.05) is 17.4 Å². The second kappa shape index (κ2) is 6.16. The van der Waals surface area contributed by atoms with E-state index in [1.54, 1.807) is 0 Å². The zero-order chi connectivity index (χ0) is 16.5. The second-order valence-corrected chi connectivity index (χ2v) is 6.28. The summed E-state index contributed by atoms with van der Waals surface area (Å²) in [5.74, 6) is -0.201. The zero-order valence-electron chi connectivity index (χ0n) is 13.9. The Labute approximate surface area is 141 Å². The van der Waals surface area contributed by atoms with Crippen molar-refractivity contribution in [2.45, 2.75) is 32.7 Å². The molecule has 2 aromatic carbocycles. The molecule has 1 aliphatic rings. The highest BCUT2D eigenvalue weighted by Crippen LogP contribution is 2.35. The summed E-state index contributed by atoms with van der Waals surface area (Å²) >= 11 is 0. The first-order chi connectivity index (χ1) is 11.8. The second-order valence-electron chi connectivity index (χ2n) is 6.28. The van der Waals surface area contributed by atoms with Gasteiger partial charge in [-0.25, -0.2) is 4.79 Å². The van der Waals surface area contributed by atoms with Crippen LogP contribution in [0.4, 0.5) is 0 Å². The lowest BCUT2D eigenvalue weighted by molar-refractivity contribution is 0.0513. The molecule has 0 radical (unpaired) electrons. The molecule has 24 heavy (non-hydrogen) atoms. The van der Waals surface area contributed by atoms with E-state index in [0.29, 0.717) is 13.2 Å². The topological polar surface area (TPSA) is 31.2 Å². The van der Waals surface area contributed by atoms with Crippen LogP contribution >= 0.6 is 0 Å². The van der Waals surface area contributed by atoms with Crippen LogP contribution in [0.25, 0.3) is 10.9 Å². The Morgan fingerprint density at radius 3 is 2.71 bits per heavy atom. The van der Waals surface area contributed by atoms with Gasteiger partial charge in [-0.05, 0) is 48.9 Å². The minimum Gasteiger partial charge on any atom is -0.461 e. The van der Waals surface area contributed by atoms with Gasteiger partial charge in [-0.2, -0.15) is 0 Å². The minimum absolute atomic E-state index is 0.201. The molecule has 0 atom stereocenters. The Morgan fingerprint density at radius 2 is 1.92 bits per heavy atom. The molecule has 0 N–H and O–H groups in total. The molecular formula is C21H21NO2. The summed E-state index contributed by atoms with van der Waals surface area (Å²) in [6, 6.07) is 16.7. The van der Waals surface area contributed by atoms with Crippen LogP contribution in [0.2, 0.25) is 0 Å². The standard InChI is InChI=1S/C21H21NO2/c1-2-24-21(23)20-17-12-6-10-16-11-7-13-18(19(16)17)22(20)14-15-8-4-3-5-9-15/h3-5,7-9,11,13H,2,6,10,12,14H2,1H3. The Hall–Kier alpha value is -2.55. The lowest BCUT2D eigenvalue weighted by Crippen LogP contribution is -2.15. The number of hydrogen-bond acceptors (Lipinski definition) is 2. The van der Waals surface area contributed by atoms with Crippen LogP contribution < -0.4 is 0 Å². The number of rotatable bonds is 4. The third kappa shape index (κ3) is 2.41. The molecule has 0 unspecified atom stereocenters. The van der Waals surface area contributed by atoms with Crippen LogP contribution in [0, 0.1) is 0 Å². The molecule has 0 fully saturated rings. The Morgan fingerprint density at radius 1 is 1.08 bits per heavy atom. The fourth-order valence-electron chi connectivity index (χ4n) is 3.83. The fourth-order valence-corrected chi connectivity index (χ4v) is 3.83. The molecule has 122 valence electrons. The van der Waals surface area contributed by atoms with E-state index in [0.717, 1.165) is 30.5 Å². The van der Waals surface area contributed by atoms with Gasteiger partial charge in [0.1, 0.15) is 5.69 Å². The highest BCUT2D eigenvalue weighted by atomic mass is 16.5. The average Bonchev–Trinajstić information content (AvgIpc) is 2.92. The summed E-state index contributed by atoms with van der Waals surface area (Å²) in [5.41, 5.74) is 5.60. The van der Waals surface area contributed by atoms with Gasteiger partial charge in [0.2, 0.25) is 0 Å².